The molecular formula is C11H13Cl2NO. The molecule has 2 nitrogen and oxygen atoms in total. The largest absolute Gasteiger partial charge is 0.489 e. The van der Waals surface area contributed by atoms with E-state index in [1.54, 1.807) is 12.1 Å². The van der Waals surface area contributed by atoms with Crippen LogP contribution in [-0.4, -0.2) is 6.61 Å². The summed E-state index contributed by atoms with van der Waals surface area (Å²) in [4.78, 5) is 0. The molecule has 0 aliphatic rings. The van der Waals surface area contributed by atoms with Gasteiger partial charge in [0.15, 0.2) is 0 Å². The average Bonchev–Trinajstić information content (AvgIpc) is 2.20. The van der Waals surface area contributed by atoms with Gasteiger partial charge in [0.05, 0.1) is 0 Å². The van der Waals surface area contributed by atoms with Crippen molar-refractivity contribution in [3.63, 3.8) is 0 Å². The van der Waals surface area contributed by atoms with Crippen molar-refractivity contribution in [2.45, 2.75) is 13.0 Å². The Labute approximate surface area is 99.6 Å². The molecule has 4 heteroatoms. The standard InChI is InChI=1S/C11H13Cl2NO/c1-8(14)10-7-9(13)3-4-11(10)15-6-2-5-12/h2-5,7-8H,6,14H2,1H3. The lowest BCUT2D eigenvalue weighted by molar-refractivity contribution is 0.357. The summed E-state index contributed by atoms with van der Waals surface area (Å²) in [5.74, 6) is 0.740. The SMILES string of the molecule is CC(N)c1cc(Cl)ccc1OCC=CCl. The van der Waals surface area contributed by atoms with E-state index in [0.29, 0.717) is 11.6 Å². The number of nitrogens with two attached hydrogens (primary N) is 1. The number of rotatable bonds is 4. The molecule has 0 aliphatic carbocycles. The van der Waals surface area contributed by atoms with Crippen LogP contribution >= 0.6 is 23.2 Å². The summed E-state index contributed by atoms with van der Waals surface area (Å²) < 4.78 is 5.48. The Balaban J connectivity index is 2.85. The maximum absolute atomic E-state index is 5.88. The van der Waals surface area contributed by atoms with E-state index < -0.39 is 0 Å². The number of hydrogen-bond donors (Lipinski definition) is 1. The summed E-state index contributed by atoms with van der Waals surface area (Å²) in [5, 5.41) is 0.655. The van der Waals surface area contributed by atoms with E-state index in [4.69, 9.17) is 33.7 Å². The number of hydrogen-bond acceptors (Lipinski definition) is 2. The first-order chi connectivity index (χ1) is 7.15. The van der Waals surface area contributed by atoms with Crippen LogP contribution in [0.4, 0.5) is 0 Å². The van der Waals surface area contributed by atoms with Crippen molar-refractivity contribution < 1.29 is 4.74 Å². The molecule has 0 radical (unpaired) electrons. The predicted octanol–water partition coefficient (Wildman–Crippen LogP) is 3.49. The molecule has 0 heterocycles. The van der Waals surface area contributed by atoms with Crippen LogP contribution in [0.3, 0.4) is 0 Å². The summed E-state index contributed by atoms with van der Waals surface area (Å²) in [6.45, 7) is 2.31. The van der Waals surface area contributed by atoms with Gasteiger partial charge in [0, 0.05) is 22.2 Å². The lowest BCUT2D eigenvalue weighted by atomic mass is 10.1. The average molecular weight is 246 g/mol. The molecule has 82 valence electrons. The minimum atomic E-state index is -0.112. The third-order valence-electron chi connectivity index (χ3n) is 1.89. The van der Waals surface area contributed by atoms with E-state index in [0.717, 1.165) is 11.3 Å². The van der Waals surface area contributed by atoms with Gasteiger partial charge in [0.1, 0.15) is 12.4 Å². The quantitative estimate of drug-likeness (QED) is 0.882. The van der Waals surface area contributed by atoms with Crippen LogP contribution in [0.15, 0.2) is 29.8 Å². The monoisotopic (exact) mass is 245 g/mol. The molecule has 1 atom stereocenters. The van der Waals surface area contributed by atoms with Crippen LogP contribution < -0.4 is 10.5 Å². The summed E-state index contributed by atoms with van der Waals surface area (Å²) in [5.41, 5.74) is 8.12. The van der Waals surface area contributed by atoms with Crippen LogP contribution in [0, 0.1) is 0 Å². The van der Waals surface area contributed by atoms with E-state index in [-0.39, 0.29) is 6.04 Å². The van der Waals surface area contributed by atoms with Crippen molar-refractivity contribution in [1.82, 2.24) is 0 Å². The van der Waals surface area contributed by atoms with Crippen molar-refractivity contribution in [1.29, 1.82) is 0 Å². The molecule has 1 aromatic rings. The van der Waals surface area contributed by atoms with Crippen molar-refractivity contribution in [3.05, 3.63) is 40.4 Å². The first-order valence-electron chi connectivity index (χ1n) is 4.58. The molecule has 0 saturated carbocycles. The van der Waals surface area contributed by atoms with E-state index in [9.17, 15) is 0 Å². The van der Waals surface area contributed by atoms with Gasteiger partial charge >= 0.3 is 0 Å². The molecule has 1 aromatic carbocycles. The normalized spacial score (nSPS) is 13.1. The second kappa shape index (κ2) is 6.01. The zero-order chi connectivity index (χ0) is 11.3. The Bertz CT molecular complexity index is 350. The van der Waals surface area contributed by atoms with Gasteiger partial charge < -0.3 is 10.5 Å². The Morgan fingerprint density at radius 3 is 2.87 bits per heavy atom. The Morgan fingerprint density at radius 1 is 1.53 bits per heavy atom. The highest BCUT2D eigenvalue weighted by Gasteiger charge is 2.08. The smallest absolute Gasteiger partial charge is 0.124 e. The number of benzene rings is 1. The lowest BCUT2D eigenvalue weighted by Crippen LogP contribution is -2.08. The maximum atomic E-state index is 5.88. The van der Waals surface area contributed by atoms with Crippen LogP contribution in [0.5, 0.6) is 5.75 Å². The van der Waals surface area contributed by atoms with Gasteiger partial charge in [-0.2, -0.15) is 0 Å². The summed E-state index contributed by atoms with van der Waals surface area (Å²) in [6, 6.07) is 5.28. The molecule has 0 bridgehead atoms. The third kappa shape index (κ3) is 3.74. The highest BCUT2D eigenvalue weighted by atomic mass is 35.5. The van der Waals surface area contributed by atoms with Gasteiger partial charge in [0.25, 0.3) is 0 Å². The third-order valence-corrected chi connectivity index (χ3v) is 2.30. The fourth-order valence-corrected chi connectivity index (χ4v) is 1.43. The van der Waals surface area contributed by atoms with E-state index in [2.05, 4.69) is 0 Å². The minimum Gasteiger partial charge on any atom is -0.489 e. The van der Waals surface area contributed by atoms with Crippen molar-refractivity contribution >= 4 is 23.2 Å². The van der Waals surface area contributed by atoms with Crippen LogP contribution in [-0.2, 0) is 0 Å². The Kier molecular flexibility index (Phi) is 4.95. The molecule has 1 unspecified atom stereocenters. The van der Waals surface area contributed by atoms with Crippen LogP contribution in [0.2, 0.25) is 5.02 Å². The number of halogens is 2. The zero-order valence-corrected chi connectivity index (χ0v) is 9.92. The molecule has 0 aromatic heterocycles. The first-order valence-corrected chi connectivity index (χ1v) is 5.39. The predicted molar refractivity (Wildman–Crippen MR) is 64.5 cm³/mol. The Hall–Kier alpha value is -0.700. The van der Waals surface area contributed by atoms with Crippen molar-refractivity contribution in [2.24, 2.45) is 5.73 Å². The lowest BCUT2D eigenvalue weighted by Gasteiger charge is -2.13. The molecule has 2 N–H and O–H groups in total. The Morgan fingerprint density at radius 2 is 2.27 bits per heavy atom. The second-order valence-corrected chi connectivity index (χ2v) is 3.83. The van der Waals surface area contributed by atoms with Gasteiger partial charge in [-0.3, -0.25) is 0 Å². The number of ether oxygens (including phenoxy) is 1. The minimum absolute atomic E-state index is 0.112. The van der Waals surface area contributed by atoms with E-state index in [1.165, 1.54) is 5.54 Å². The van der Waals surface area contributed by atoms with E-state index >= 15 is 0 Å². The molecule has 0 spiro atoms. The van der Waals surface area contributed by atoms with Gasteiger partial charge in [0.2, 0.25) is 0 Å². The van der Waals surface area contributed by atoms with Gasteiger partial charge in [-0.15, -0.1) is 0 Å². The fourth-order valence-electron chi connectivity index (χ4n) is 1.18. The maximum Gasteiger partial charge on any atom is 0.124 e. The van der Waals surface area contributed by atoms with Gasteiger partial charge in [-0.05, 0) is 31.2 Å². The summed E-state index contributed by atoms with van der Waals surface area (Å²) in [7, 11) is 0. The van der Waals surface area contributed by atoms with Crippen LogP contribution in [0.25, 0.3) is 0 Å². The molecule has 15 heavy (non-hydrogen) atoms. The fraction of sp³-hybridized carbons (Fsp3) is 0.273. The molecule has 1 rings (SSSR count). The molecule has 0 saturated heterocycles. The molecule has 0 fully saturated rings. The van der Waals surface area contributed by atoms with E-state index in [1.807, 2.05) is 19.1 Å². The van der Waals surface area contributed by atoms with Gasteiger partial charge in [-0.1, -0.05) is 23.2 Å². The van der Waals surface area contributed by atoms with Gasteiger partial charge in [-0.25, -0.2) is 0 Å². The molecule has 0 amide bonds. The first kappa shape index (κ1) is 12.4. The zero-order valence-electron chi connectivity index (χ0n) is 8.41. The van der Waals surface area contributed by atoms with Crippen molar-refractivity contribution in [2.75, 3.05) is 6.61 Å². The van der Waals surface area contributed by atoms with Crippen molar-refractivity contribution in [3.8, 4) is 5.75 Å². The highest BCUT2D eigenvalue weighted by molar-refractivity contribution is 6.30. The molecular weight excluding hydrogens is 233 g/mol. The second-order valence-electron chi connectivity index (χ2n) is 3.14. The van der Waals surface area contributed by atoms with Crippen LogP contribution in [0.1, 0.15) is 18.5 Å². The highest BCUT2D eigenvalue weighted by Crippen LogP contribution is 2.27. The summed E-state index contributed by atoms with van der Waals surface area (Å²) in [6.07, 6.45) is 1.71. The topological polar surface area (TPSA) is 35.2 Å². The molecule has 0 aliphatic heterocycles. The summed E-state index contributed by atoms with van der Waals surface area (Å²) >= 11 is 11.3.